The summed E-state index contributed by atoms with van der Waals surface area (Å²) in [4.78, 5) is 0. The summed E-state index contributed by atoms with van der Waals surface area (Å²) in [5.41, 5.74) is 4.36. The molecule has 1 atom stereocenters. The van der Waals surface area contributed by atoms with Crippen molar-refractivity contribution in [2.45, 2.75) is 38.6 Å². The SMILES string of the molecule is CCNC1CCCCc2c1cnn2-c1ccc(C#N)cc1. The molecule has 0 spiro atoms. The first-order valence-corrected chi connectivity index (χ1v) is 7.64. The fourth-order valence-corrected chi connectivity index (χ4v) is 3.08. The van der Waals surface area contributed by atoms with E-state index < -0.39 is 0 Å². The Morgan fingerprint density at radius 1 is 1.33 bits per heavy atom. The summed E-state index contributed by atoms with van der Waals surface area (Å²) in [6, 6.07) is 10.2. The first-order valence-electron chi connectivity index (χ1n) is 7.64. The third-order valence-corrected chi connectivity index (χ3v) is 4.12. The van der Waals surface area contributed by atoms with E-state index in [1.165, 1.54) is 30.5 Å². The molecule has 0 saturated heterocycles. The van der Waals surface area contributed by atoms with Gasteiger partial charge in [-0.2, -0.15) is 10.4 Å². The van der Waals surface area contributed by atoms with Crippen molar-refractivity contribution in [3.05, 3.63) is 47.3 Å². The van der Waals surface area contributed by atoms with Crippen LogP contribution in [0.3, 0.4) is 0 Å². The molecule has 4 heteroatoms. The van der Waals surface area contributed by atoms with Crippen molar-refractivity contribution in [3.63, 3.8) is 0 Å². The Balaban J connectivity index is 1.99. The zero-order valence-corrected chi connectivity index (χ0v) is 12.3. The molecular formula is C17H20N4. The third kappa shape index (κ3) is 2.70. The van der Waals surface area contributed by atoms with Gasteiger partial charge in [0, 0.05) is 17.3 Å². The molecule has 4 nitrogen and oxygen atoms in total. The van der Waals surface area contributed by atoms with E-state index in [9.17, 15) is 0 Å². The van der Waals surface area contributed by atoms with E-state index in [1.54, 1.807) is 0 Å². The summed E-state index contributed by atoms with van der Waals surface area (Å²) in [5, 5.41) is 17.1. The number of nitriles is 1. The average molecular weight is 280 g/mol. The molecule has 1 aromatic carbocycles. The predicted octanol–water partition coefficient (Wildman–Crippen LogP) is 3.12. The monoisotopic (exact) mass is 280 g/mol. The van der Waals surface area contributed by atoms with Gasteiger partial charge in [0.25, 0.3) is 0 Å². The van der Waals surface area contributed by atoms with Crippen LogP contribution in [0.2, 0.25) is 0 Å². The minimum Gasteiger partial charge on any atom is -0.310 e. The highest BCUT2D eigenvalue weighted by atomic mass is 15.3. The van der Waals surface area contributed by atoms with Crippen molar-refractivity contribution < 1.29 is 0 Å². The summed E-state index contributed by atoms with van der Waals surface area (Å²) in [6.45, 7) is 3.13. The third-order valence-electron chi connectivity index (χ3n) is 4.12. The van der Waals surface area contributed by atoms with Crippen LogP contribution in [0.15, 0.2) is 30.5 Å². The van der Waals surface area contributed by atoms with Crippen molar-refractivity contribution in [2.75, 3.05) is 6.54 Å². The molecule has 1 aliphatic carbocycles. The normalized spacial score (nSPS) is 17.8. The van der Waals surface area contributed by atoms with Crippen LogP contribution >= 0.6 is 0 Å². The van der Waals surface area contributed by atoms with Crippen molar-refractivity contribution in [1.82, 2.24) is 15.1 Å². The largest absolute Gasteiger partial charge is 0.310 e. The van der Waals surface area contributed by atoms with Gasteiger partial charge >= 0.3 is 0 Å². The van der Waals surface area contributed by atoms with E-state index >= 15 is 0 Å². The van der Waals surface area contributed by atoms with Crippen LogP contribution in [-0.4, -0.2) is 16.3 Å². The molecule has 1 aromatic heterocycles. The Bertz CT molecular complexity index is 648. The summed E-state index contributed by atoms with van der Waals surface area (Å²) >= 11 is 0. The number of rotatable bonds is 3. The van der Waals surface area contributed by atoms with Crippen molar-refractivity contribution in [3.8, 4) is 11.8 Å². The Labute approximate surface area is 125 Å². The standard InChI is InChI=1S/C17H20N4/c1-2-19-16-5-3-4-6-17-15(16)12-20-21(17)14-9-7-13(11-18)8-10-14/h7-10,12,16,19H,2-6H2,1H3. The minimum absolute atomic E-state index is 0.416. The predicted molar refractivity (Wildman–Crippen MR) is 82.3 cm³/mol. The van der Waals surface area contributed by atoms with Gasteiger partial charge in [-0.25, -0.2) is 4.68 Å². The molecule has 0 amide bonds. The van der Waals surface area contributed by atoms with E-state index in [0.717, 1.165) is 18.7 Å². The highest BCUT2D eigenvalue weighted by molar-refractivity contribution is 5.41. The van der Waals surface area contributed by atoms with E-state index in [1.807, 2.05) is 35.1 Å². The minimum atomic E-state index is 0.416. The molecule has 0 saturated carbocycles. The van der Waals surface area contributed by atoms with Gasteiger partial charge in [0.2, 0.25) is 0 Å². The summed E-state index contributed by atoms with van der Waals surface area (Å²) in [6.07, 6.45) is 6.71. The van der Waals surface area contributed by atoms with Gasteiger partial charge in [-0.3, -0.25) is 0 Å². The van der Waals surface area contributed by atoms with Crippen LogP contribution in [0.1, 0.15) is 49.0 Å². The quantitative estimate of drug-likeness (QED) is 0.879. The fraction of sp³-hybridized carbons (Fsp3) is 0.412. The van der Waals surface area contributed by atoms with E-state index in [4.69, 9.17) is 5.26 Å². The number of fused-ring (bicyclic) bond motifs is 1. The topological polar surface area (TPSA) is 53.6 Å². The summed E-state index contributed by atoms with van der Waals surface area (Å²) in [7, 11) is 0. The lowest BCUT2D eigenvalue weighted by molar-refractivity contribution is 0.503. The van der Waals surface area contributed by atoms with Gasteiger partial charge in [0.05, 0.1) is 23.5 Å². The van der Waals surface area contributed by atoms with Gasteiger partial charge in [-0.15, -0.1) is 0 Å². The molecule has 1 unspecified atom stereocenters. The zero-order chi connectivity index (χ0) is 14.7. The lowest BCUT2D eigenvalue weighted by Crippen LogP contribution is -2.20. The Morgan fingerprint density at radius 2 is 2.14 bits per heavy atom. The van der Waals surface area contributed by atoms with Crippen LogP contribution in [0, 0.1) is 11.3 Å². The molecule has 2 aromatic rings. The van der Waals surface area contributed by atoms with E-state index in [2.05, 4.69) is 23.4 Å². The second-order valence-electron chi connectivity index (χ2n) is 5.47. The van der Waals surface area contributed by atoms with Crippen molar-refractivity contribution in [2.24, 2.45) is 0 Å². The highest BCUT2D eigenvalue weighted by Gasteiger charge is 2.22. The molecule has 21 heavy (non-hydrogen) atoms. The van der Waals surface area contributed by atoms with Crippen molar-refractivity contribution >= 4 is 0 Å². The first-order chi connectivity index (χ1) is 10.3. The molecule has 0 radical (unpaired) electrons. The number of aromatic nitrogens is 2. The van der Waals surface area contributed by atoms with Gasteiger partial charge in [-0.05, 0) is 50.1 Å². The number of nitrogens with zero attached hydrogens (tertiary/aromatic N) is 3. The highest BCUT2D eigenvalue weighted by Crippen LogP contribution is 2.29. The van der Waals surface area contributed by atoms with Gasteiger partial charge in [0.15, 0.2) is 0 Å². The maximum Gasteiger partial charge on any atom is 0.0991 e. The maximum absolute atomic E-state index is 8.90. The molecule has 3 rings (SSSR count). The number of benzene rings is 1. The molecule has 1 aliphatic rings. The Morgan fingerprint density at radius 3 is 2.86 bits per heavy atom. The molecular weight excluding hydrogens is 260 g/mol. The number of hydrogen-bond acceptors (Lipinski definition) is 3. The van der Waals surface area contributed by atoms with Crippen molar-refractivity contribution in [1.29, 1.82) is 5.26 Å². The maximum atomic E-state index is 8.90. The summed E-state index contributed by atoms with van der Waals surface area (Å²) < 4.78 is 2.03. The molecule has 1 heterocycles. The number of nitrogens with one attached hydrogen (secondary N) is 1. The average Bonchev–Trinajstić information content (AvgIpc) is 2.84. The van der Waals surface area contributed by atoms with E-state index in [0.29, 0.717) is 11.6 Å². The second-order valence-corrected chi connectivity index (χ2v) is 5.47. The summed E-state index contributed by atoms with van der Waals surface area (Å²) in [5.74, 6) is 0. The van der Waals surface area contributed by atoms with Gasteiger partial charge < -0.3 is 5.32 Å². The van der Waals surface area contributed by atoms with Crippen LogP contribution in [0.5, 0.6) is 0 Å². The molecule has 108 valence electrons. The van der Waals surface area contributed by atoms with Gasteiger partial charge in [-0.1, -0.05) is 13.3 Å². The second kappa shape index (κ2) is 6.11. The zero-order valence-electron chi connectivity index (χ0n) is 12.3. The number of hydrogen-bond donors (Lipinski definition) is 1. The lowest BCUT2D eigenvalue weighted by Gasteiger charge is -2.15. The fourth-order valence-electron chi connectivity index (χ4n) is 3.08. The van der Waals surface area contributed by atoms with E-state index in [-0.39, 0.29) is 0 Å². The lowest BCUT2D eigenvalue weighted by atomic mass is 10.1. The smallest absolute Gasteiger partial charge is 0.0991 e. The molecule has 1 N–H and O–H groups in total. The first kappa shape index (κ1) is 13.8. The molecule has 0 bridgehead atoms. The molecule has 0 fully saturated rings. The van der Waals surface area contributed by atoms with Crippen LogP contribution in [0.4, 0.5) is 0 Å². The van der Waals surface area contributed by atoms with Gasteiger partial charge in [0.1, 0.15) is 0 Å². The van der Waals surface area contributed by atoms with Crippen LogP contribution < -0.4 is 5.32 Å². The Kier molecular flexibility index (Phi) is 4.03. The Hall–Kier alpha value is -2.12. The van der Waals surface area contributed by atoms with Crippen LogP contribution in [-0.2, 0) is 6.42 Å². The molecule has 0 aliphatic heterocycles. The van der Waals surface area contributed by atoms with Crippen LogP contribution in [0.25, 0.3) is 5.69 Å².